The van der Waals surface area contributed by atoms with Crippen LogP contribution in [0.5, 0.6) is 0 Å². The largest absolute Gasteiger partial charge is 0.383 e. The van der Waals surface area contributed by atoms with Gasteiger partial charge >= 0.3 is 0 Å². The van der Waals surface area contributed by atoms with Gasteiger partial charge in [-0.2, -0.15) is 0 Å². The molecule has 2 unspecified atom stereocenters. The summed E-state index contributed by atoms with van der Waals surface area (Å²) in [6.07, 6.45) is 4.95. The van der Waals surface area contributed by atoms with Gasteiger partial charge in [0.2, 0.25) is 5.91 Å². The maximum absolute atomic E-state index is 12.2. The van der Waals surface area contributed by atoms with E-state index in [-0.39, 0.29) is 11.9 Å². The van der Waals surface area contributed by atoms with Crippen molar-refractivity contribution in [3.05, 3.63) is 0 Å². The van der Waals surface area contributed by atoms with E-state index >= 15 is 0 Å². The Balaban J connectivity index is 4.23. The number of nitrogens with two attached hydrogens (primary N) is 1. The molecule has 0 bridgehead atoms. The monoisotopic (exact) mass is 272 g/mol. The standard InChI is InChI=1S/C15H32N2O2/c1-5-7-14(10-11-16)8-9-15(18)17(6-2)13(3)12-19-4/h13-14H,5-12,16H2,1-4H3. The lowest BCUT2D eigenvalue weighted by molar-refractivity contribution is -0.134. The quantitative estimate of drug-likeness (QED) is 0.628. The average Bonchev–Trinajstić information content (AvgIpc) is 2.37. The Kier molecular flexibility index (Phi) is 10.9. The molecule has 0 radical (unpaired) electrons. The van der Waals surface area contributed by atoms with E-state index in [1.54, 1.807) is 7.11 Å². The van der Waals surface area contributed by atoms with E-state index in [0.717, 1.165) is 32.4 Å². The van der Waals surface area contributed by atoms with Gasteiger partial charge < -0.3 is 15.4 Å². The molecule has 0 aromatic rings. The van der Waals surface area contributed by atoms with E-state index in [9.17, 15) is 4.79 Å². The number of carbonyl (C=O) groups excluding carboxylic acids is 1. The predicted molar refractivity (Wildman–Crippen MR) is 80.0 cm³/mol. The number of methoxy groups -OCH3 is 1. The van der Waals surface area contributed by atoms with E-state index in [1.807, 2.05) is 18.7 Å². The highest BCUT2D eigenvalue weighted by atomic mass is 16.5. The Morgan fingerprint density at radius 3 is 2.42 bits per heavy atom. The fourth-order valence-electron chi connectivity index (χ4n) is 2.61. The van der Waals surface area contributed by atoms with Gasteiger partial charge in [0, 0.05) is 20.1 Å². The zero-order chi connectivity index (χ0) is 14.7. The molecule has 0 saturated heterocycles. The van der Waals surface area contributed by atoms with Gasteiger partial charge in [0.05, 0.1) is 12.6 Å². The Labute approximate surface area is 118 Å². The lowest BCUT2D eigenvalue weighted by Gasteiger charge is -2.28. The van der Waals surface area contributed by atoms with Crippen molar-refractivity contribution in [2.24, 2.45) is 11.7 Å². The van der Waals surface area contributed by atoms with Gasteiger partial charge in [-0.15, -0.1) is 0 Å². The van der Waals surface area contributed by atoms with E-state index < -0.39 is 0 Å². The van der Waals surface area contributed by atoms with Crippen LogP contribution in [-0.2, 0) is 9.53 Å². The minimum Gasteiger partial charge on any atom is -0.383 e. The van der Waals surface area contributed by atoms with Crippen molar-refractivity contribution in [2.45, 2.75) is 58.9 Å². The zero-order valence-corrected chi connectivity index (χ0v) is 13.2. The third kappa shape index (κ3) is 7.53. The number of rotatable bonds is 11. The van der Waals surface area contributed by atoms with Crippen molar-refractivity contribution in [1.82, 2.24) is 4.90 Å². The minimum atomic E-state index is 0.154. The highest BCUT2D eigenvalue weighted by molar-refractivity contribution is 5.76. The Hall–Kier alpha value is -0.610. The van der Waals surface area contributed by atoms with Crippen molar-refractivity contribution < 1.29 is 9.53 Å². The average molecular weight is 272 g/mol. The van der Waals surface area contributed by atoms with Crippen LogP contribution >= 0.6 is 0 Å². The molecule has 4 nitrogen and oxygen atoms in total. The molecular weight excluding hydrogens is 240 g/mol. The molecule has 4 heteroatoms. The number of carbonyl (C=O) groups is 1. The van der Waals surface area contributed by atoms with Gasteiger partial charge in [-0.1, -0.05) is 19.8 Å². The third-order valence-electron chi connectivity index (χ3n) is 3.64. The van der Waals surface area contributed by atoms with Crippen LogP contribution < -0.4 is 5.73 Å². The Morgan fingerprint density at radius 1 is 1.26 bits per heavy atom. The maximum Gasteiger partial charge on any atom is 0.222 e. The molecule has 0 heterocycles. The number of hydrogen-bond donors (Lipinski definition) is 1. The SMILES string of the molecule is CCCC(CCN)CCC(=O)N(CC)C(C)COC. The number of amides is 1. The number of hydrogen-bond acceptors (Lipinski definition) is 3. The summed E-state index contributed by atoms with van der Waals surface area (Å²) in [7, 11) is 1.67. The van der Waals surface area contributed by atoms with Crippen molar-refractivity contribution in [3.8, 4) is 0 Å². The summed E-state index contributed by atoms with van der Waals surface area (Å²) >= 11 is 0. The summed E-state index contributed by atoms with van der Waals surface area (Å²) in [6.45, 7) is 8.31. The highest BCUT2D eigenvalue weighted by Crippen LogP contribution is 2.18. The lowest BCUT2D eigenvalue weighted by Crippen LogP contribution is -2.41. The molecular formula is C15H32N2O2. The summed E-state index contributed by atoms with van der Waals surface area (Å²) in [4.78, 5) is 14.2. The summed E-state index contributed by atoms with van der Waals surface area (Å²) < 4.78 is 5.13. The number of nitrogens with zero attached hydrogens (tertiary/aromatic N) is 1. The third-order valence-corrected chi connectivity index (χ3v) is 3.64. The molecule has 0 aromatic heterocycles. The van der Waals surface area contributed by atoms with Crippen LogP contribution in [0.4, 0.5) is 0 Å². The fourth-order valence-corrected chi connectivity index (χ4v) is 2.61. The lowest BCUT2D eigenvalue weighted by atomic mass is 9.94. The first-order valence-electron chi connectivity index (χ1n) is 7.59. The second-order valence-corrected chi connectivity index (χ2v) is 5.25. The first-order chi connectivity index (χ1) is 9.10. The molecule has 0 fully saturated rings. The normalized spacial score (nSPS) is 14.2. The molecule has 0 aliphatic heterocycles. The molecule has 0 aromatic carbocycles. The number of ether oxygens (including phenoxy) is 1. The van der Waals surface area contributed by atoms with Crippen LogP contribution in [0.25, 0.3) is 0 Å². The minimum absolute atomic E-state index is 0.154. The second-order valence-electron chi connectivity index (χ2n) is 5.25. The molecule has 0 spiro atoms. The molecule has 19 heavy (non-hydrogen) atoms. The van der Waals surface area contributed by atoms with Crippen molar-refractivity contribution in [1.29, 1.82) is 0 Å². The maximum atomic E-state index is 12.2. The van der Waals surface area contributed by atoms with Gasteiger partial charge in [-0.3, -0.25) is 4.79 Å². The van der Waals surface area contributed by atoms with Crippen LogP contribution in [-0.4, -0.2) is 43.7 Å². The summed E-state index contributed by atoms with van der Waals surface area (Å²) in [6, 6.07) is 0.154. The van der Waals surface area contributed by atoms with Gasteiger partial charge in [0.1, 0.15) is 0 Å². The zero-order valence-electron chi connectivity index (χ0n) is 13.2. The van der Waals surface area contributed by atoms with Crippen LogP contribution in [0, 0.1) is 5.92 Å². The first-order valence-corrected chi connectivity index (χ1v) is 7.59. The van der Waals surface area contributed by atoms with Crippen molar-refractivity contribution >= 4 is 5.91 Å². The Bertz CT molecular complexity index is 228. The van der Waals surface area contributed by atoms with E-state index in [4.69, 9.17) is 10.5 Å². The van der Waals surface area contributed by atoms with Crippen LogP contribution in [0.2, 0.25) is 0 Å². The summed E-state index contributed by atoms with van der Waals surface area (Å²) in [5, 5.41) is 0. The van der Waals surface area contributed by atoms with E-state index in [1.165, 1.54) is 6.42 Å². The van der Waals surface area contributed by atoms with Crippen molar-refractivity contribution in [3.63, 3.8) is 0 Å². The van der Waals surface area contributed by atoms with E-state index in [0.29, 0.717) is 18.9 Å². The van der Waals surface area contributed by atoms with E-state index in [2.05, 4.69) is 6.92 Å². The molecule has 0 aliphatic carbocycles. The van der Waals surface area contributed by atoms with Crippen LogP contribution in [0.15, 0.2) is 0 Å². The highest BCUT2D eigenvalue weighted by Gasteiger charge is 2.19. The molecule has 2 atom stereocenters. The predicted octanol–water partition coefficient (Wildman–Crippen LogP) is 2.42. The van der Waals surface area contributed by atoms with Gasteiger partial charge in [-0.05, 0) is 39.2 Å². The van der Waals surface area contributed by atoms with Crippen LogP contribution in [0.1, 0.15) is 52.9 Å². The smallest absolute Gasteiger partial charge is 0.222 e. The first kappa shape index (κ1) is 18.4. The molecule has 2 N–H and O–H groups in total. The Morgan fingerprint density at radius 2 is 1.95 bits per heavy atom. The molecule has 114 valence electrons. The molecule has 0 aliphatic rings. The number of likely N-dealkylation sites (N-methyl/N-ethyl adjacent to an activating group) is 1. The van der Waals surface area contributed by atoms with Crippen molar-refractivity contribution in [2.75, 3.05) is 26.8 Å². The second kappa shape index (κ2) is 11.2. The summed E-state index contributed by atoms with van der Waals surface area (Å²) in [5.74, 6) is 0.834. The van der Waals surface area contributed by atoms with Crippen LogP contribution in [0.3, 0.4) is 0 Å². The topological polar surface area (TPSA) is 55.6 Å². The van der Waals surface area contributed by atoms with Gasteiger partial charge in [0.15, 0.2) is 0 Å². The molecule has 0 rings (SSSR count). The molecule has 1 amide bonds. The van der Waals surface area contributed by atoms with Gasteiger partial charge in [0.25, 0.3) is 0 Å². The van der Waals surface area contributed by atoms with Gasteiger partial charge in [-0.25, -0.2) is 0 Å². The fraction of sp³-hybridized carbons (Fsp3) is 0.933. The molecule has 0 saturated carbocycles. The summed E-state index contributed by atoms with van der Waals surface area (Å²) in [5.41, 5.74) is 5.63.